The maximum atomic E-state index is 10.8. The van der Waals surface area contributed by atoms with Crippen LogP contribution >= 0.6 is 0 Å². The monoisotopic (exact) mass is 252 g/mol. The van der Waals surface area contributed by atoms with Gasteiger partial charge >= 0.3 is 5.97 Å². The van der Waals surface area contributed by atoms with E-state index in [0.717, 1.165) is 5.56 Å². The van der Waals surface area contributed by atoms with E-state index in [1.54, 1.807) is 24.3 Å². The van der Waals surface area contributed by atoms with Crippen molar-refractivity contribution >= 4 is 11.9 Å². The van der Waals surface area contributed by atoms with Gasteiger partial charge in [0.25, 0.3) is 0 Å². The average Bonchev–Trinajstić information content (AvgIpc) is 2.29. The summed E-state index contributed by atoms with van der Waals surface area (Å²) in [4.78, 5) is 21.5. The van der Waals surface area contributed by atoms with Crippen molar-refractivity contribution in [3.05, 3.63) is 29.8 Å². The predicted octanol–water partition coefficient (Wildman–Crippen LogP) is -0.147. The predicted molar refractivity (Wildman–Crippen MR) is 65.0 cm³/mol. The maximum Gasteiger partial charge on any atom is 0.321 e. The highest BCUT2D eigenvalue weighted by molar-refractivity contribution is 5.83. The number of primary amides is 1. The zero-order valence-electron chi connectivity index (χ0n) is 9.80. The van der Waals surface area contributed by atoms with Crippen LogP contribution in [-0.2, 0) is 16.0 Å². The minimum Gasteiger partial charge on any atom is -0.508 e. The molecule has 0 aliphatic heterocycles. The van der Waals surface area contributed by atoms with Gasteiger partial charge in [0.1, 0.15) is 11.8 Å². The van der Waals surface area contributed by atoms with Crippen LogP contribution in [0, 0.1) is 0 Å². The summed E-state index contributed by atoms with van der Waals surface area (Å²) in [6.07, 6.45) is 0.369. The fraction of sp³-hybridized carbons (Fsp3) is 0.333. The summed E-state index contributed by atoms with van der Waals surface area (Å²) >= 11 is 0. The largest absolute Gasteiger partial charge is 0.508 e. The standard InChI is InChI=1S/C12H16N2O4/c13-11(16)7-10(12(17)18)14-6-5-8-1-3-9(15)4-2-8/h1-4,10,14-15H,5-7H2,(H2,13,16)(H,17,18)/t10-/m1/s1. The van der Waals surface area contributed by atoms with Crippen LogP contribution in [0.1, 0.15) is 12.0 Å². The summed E-state index contributed by atoms with van der Waals surface area (Å²) in [6.45, 7) is 0.412. The van der Waals surface area contributed by atoms with E-state index in [1.165, 1.54) is 0 Å². The van der Waals surface area contributed by atoms with Crippen LogP contribution in [0.3, 0.4) is 0 Å². The lowest BCUT2D eigenvalue weighted by molar-refractivity contribution is -0.141. The molecular weight excluding hydrogens is 236 g/mol. The zero-order valence-corrected chi connectivity index (χ0v) is 9.80. The molecule has 0 saturated heterocycles. The van der Waals surface area contributed by atoms with Crippen LogP contribution < -0.4 is 11.1 Å². The SMILES string of the molecule is NC(=O)C[C@@H](NCCc1ccc(O)cc1)C(=O)O. The Morgan fingerprint density at radius 3 is 2.39 bits per heavy atom. The molecule has 6 heteroatoms. The Balaban J connectivity index is 2.41. The van der Waals surface area contributed by atoms with Crippen molar-refractivity contribution in [1.82, 2.24) is 5.32 Å². The molecule has 6 nitrogen and oxygen atoms in total. The number of hydrogen-bond acceptors (Lipinski definition) is 4. The third-order valence-electron chi connectivity index (χ3n) is 2.44. The van der Waals surface area contributed by atoms with Gasteiger partial charge in [-0.1, -0.05) is 12.1 Å². The average molecular weight is 252 g/mol. The van der Waals surface area contributed by atoms with E-state index in [0.29, 0.717) is 13.0 Å². The number of carbonyl (C=O) groups excluding carboxylic acids is 1. The number of hydrogen-bond donors (Lipinski definition) is 4. The Labute approximate surface area is 104 Å². The number of amides is 1. The summed E-state index contributed by atoms with van der Waals surface area (Å²) in [5.41, 5.74) is 5.92. The van der Waals surface area contributed by atoms with Gasteiger partial charge in [-0.25, -0.2) is 0 Å². The molecule has 18 heavy (non-hydrogen) atoms. The zero-order chi connectivity index (χ0) is 13.5. The van der Waals surface area contributed by atoms with Crippen LogP contribution in [0.2, 0.25) is 0 Å². The van der Waals surface area contributed by atoms with E-state index in [9.17, 15) is 9.59 Å². The molecule has 0 radical (unpaired) electrons. The second-order valence-corrected chi connectivity index (χ2v) is 3.93. The number of nitrogens with one attached hydrogen (secondary N) is 1. The van der Waals surface area contributed by atoms with Crippen molar-refractivity contribution in [3.8, 4) is 5.75 Å². The lowest BCUT2D eigenvalue weighted by Gasteiger charge is -2.12. The number of phenols is 1. The Morgan fingerprint density at radius 1 is 1.28 bits per heavy atom. The summed E-state index contributed by atoms with van der Waals surface area (Å²) in [5.74, 6) is -1.57. The Bertz CT molecular complexity index is 417. The minimum absolute atomic E-state index is 0.184. The van der Waals surface area contributed by atoms with Gasteiger partial charge in [-0.15, -0.1) is 0 Å². The highest BCUT2D eigenvalue weighted by Gasteiger charge is 2.18. The lowest BCUT2D eigenvalue weighted by atomic mass is 10.1. The van der Waals surface area contributed by atoms with Gasteiger partial charge in [0.15, 0.2) is 0 Å². The van der Waals surface area contributed by atoms with E-state index in [4.69, 9.17) is 15.9 Å². The first-order valence-corrected chi connectivity index (χ1v) is 5.51. The number of nitrogens with two attached hydrogens (primary N) is 1. The normalized spacial score (nSPS) is 12.0. The first-order valence-electron chi connectivity index (χ1n) is 5.51. The summed E-state index contributed by atoms with van der Waals surface area (Å²) < 4.78 is 0. The second-order valence-electron chi connectivity index (χ2n) is 3.93. The fourth-order valence-corrected chi connectivity index (χ4v) is 1.50. The van der Waals surface area contributed by atoms with E-state index in [2.05, 4.69) is 5.32 Å². The molecule has 0 heterocycles. The molecular formula is C12H16N2O4. The van der Waals surface area contributed by atoms with Gasteiger partial charge in [0.2, 0.25) is 5.91 Å². The van der Waals surface area contributed by atoms with Gasteiger partial charge < -0.3 is 21.3 Å². The van der Waals surface area contributed by atoms with Gasteiger partial charge in [0, 0.05) is 0 Å². The molecule has 0 aliphatic rings. The number of benzene rings is 1. The molecule has 1 amide bonds. The van der Waals surface area contributed by atoms with Gasteiger partial charge in [0.05, 0.1) is 6.42 Å². The number of carbonyl (C=O) groups is 2. The van der Waals surface area contributed by atoms with E-state index < -0.39 is 17.9 Å². The molecule has 0 aromatic heterocycles. The summed E-state index contributed by atoms with van der Waals surface area (Å²) in [5, 5.41) is 20.7. The molecule has 0 unspecified atom stereocenters. The van der Waals surface area contributed by atoms with Gasteiger partial charge in [-0.05, 0) is 30.7 Å². The minimum atomic E-state index is -1.10. The van der Waals surface area contributed by atoms with Crippen molar-refractivity contribution in [2.24, 2.45) is 5.73 Å². The number of aliphatic carboxylic acids is 1. The molecule has 0 fully saturated rings. The highest BCUT2D eigenvalue weighted by Crippen LogP contribution is 2.09. The van der Waals surface area contributed by atoms with Crippen molar-refractivity contribution in [1.29, 1.82) is 0 Å². The highest BCUT2D eigenvalue weighted by atomic mass is 16.4. The van der Waals surface area contributed by atoms with E-state index in [1.807, 2.05) is 0 Å². The van der Waals surface area contributed by atoms with Gasteiger partial charge in [-0.3, -0.25) is 9.59 Å². The fourth-order valence-electron chi connectivity index (χ4n) is 1.50. The summed E-state index contributed by atoms with van der Waals surface area (Å²) in [7, 11) is 0. The third kappa shape index (κ3) is 4.84. The molecule has 1 aromatic rings. The molecule has 0 spiro atoms. The molecule has 1 atom stereocenters. The van der Waals surface area contributed by atoms with Crippen molar-refractivity contribution in [2.45, 2.75) is 18.9 Å². The topological polar surface area (TPSA) is 113 Å². The maximum absolute atomic E-state index is 10.8. The van der Waals surface area contributed by atoms with Crippen LogP contribution in [0.4, 0.5) is 0 Å². The number of rotatable bonds is 7. The molecule has 0 bridgehead atoms. The molecule has 5 N–H and O–H groups in total. The number of carboxylic acids is 1. The molecule has 0 saturated carbocycles. The van der Waals surface area contributed by atoms with Crippen molar-refractivity contribution in [2.75, 3.05) is 6.54 Å². The quantitative estimate of drug-likeness (QED) is 0.539. The van der Waals surface area contributed by atoms with Crippen LogP contribution in [0.5, 0.6) is 5.75 Å². The Hall–Kier alpha value is -2.08. The number of carboxylic acid groups (broad SMARTS) is 1. The second kappa shape index (κ2) is 6.61. The molecule has 1 aromatic carbocycles. The van der Waals surface area contributed by atoms with E-state index in [-0.39, 0.29) is 12.2 Å². The molecule has 98 valence electrons. The molecule has 0 aliphatic carbocycles. The Kier molecular flexibility index (Phi) is 5.13. The first-order chi connectivity index (χ1) is 8.49. The summed E-state index contributed by atoms with van der Waals surface area (Å²) in [6, 6.07) is 5.67. The van der Waals surface area contributed by atoms with Crippen LogP contribution in [0.25, 0.3) is 0 Å². The van der Waals surface area contributed by atoms with E-state index >= 15 is 0 Å². The van der Waals surface area contributed by atoms with Crippen LogP contribution in [0.15, 0.2) is 24.3 Å². The first kappa shape index (κ1) is 14.0. The van der Waals surface area contributed by atoms with Gasteiger partial charge in [-0.2, -0.15) is 0 Å². The number of phenolic OH excluding ortho intramolecular Hbond substituents is 1. The molecule has 1 rings (SSSR count). The lowest BCUT2D eigenvalue weighted by Crippen LogP contribution is -2.40. The third-order valence-corrected chi connectivity index (χ3v) is 2.44. The smallest absolute Gasteiger partial charge is 0.321 e. The van der Waals surface area contributed by atoms with Crippen molar-refractivity contribution in [3.63, 3.8) is 0 Å². The Morgan fingerprint density at radius 2 is 1.89 bits per heavy atom. The van der Waals surface area contributed by atoms with Crippen LogP contribution in [-0.4, -0.2) is 34.7 Å². The van der Waals surface area contributed by atoms with Crippen molar-refractivity contribution < 1.29 is 19.8 Å². The number of aromatic hydroxyl groups is 1.